The number of carbonyl (C=O) groups excluding carboxylic acids is 5. The fraction of sp³-hybridized carbons (Fsp3) is 0.522. The van der Waals surface area contributed by atoms with Crippen molar-refractivity contribution in [3.05, 3.63) is 23.8 Å². The SMILES string of the molecule is Br.CC(C)OC(=O)C(Cc1ccc2c(c1)OC(=O)C(N)CC(=O)O2)NC(=O)OC(C)OC(=O)C(C)C. The molecule has 0 aliphatic carbocycles. The molecule has 1 aromatic rings. The van der Waals surface area contributed by atoms with Gasteiger partial charge in [0.25, 0.3) is 0 Å². The van der Waals surface area contributed by atoms with Crippen molar-refractivity contribution >= 4 is 47.0 Å². The monoisotopic (exact) mass is 574 g/mol. The summed E-state index contributed by atoms with van der Waals surface area (Å²) in [5.74, 6) is -3.30. The summed E-state index contributed by atoms with van der Waals surface area (Å²) in [6.07, 6.45) is -3.10. The van der Waals surface area contributed by atoms with E-state index in [0.29, 0.717) is 5.56 Å². The summed E-state index contributed by atoms with van der Waals surface area (Å²) in [7, 11) is 0. The fourth-order valence-corrected chi connectivity index (χ4v) is 2.85. The molecular formula is C23H31BrN2O10. The van der Waals surface area contributed by atoms with E-state index in [4.69, 9.17) is 29.4 Å². The van der Waals surface area contributed by atoms with Crippen LogP contribution in [0, 0.1) is 5.92 Å². The molecule has 1 amide bonds. The van der Waals surface area contributed by atoms with Gasteiger partial charge in [-0.3, -0.25) is 9.59 Å². The maximum atomic E-state index is 12.6. The van der Waals surface area contributed by atoms with Crippen LogP contribution in [0.3, 0.4) is 0 Å². The first kappa shape index (κ1) is 30.8. The average molecular weight is 575 g/mol. The van der Waals surface area contributed by atoms with E-state index in [1.165, 1.54) is 25.1 Å². The van der Waals surface area contributed by atoms with Crippen molar-refractivity contribution in [1.82, 2.24) is 5.32 Å². The Bertz CT molecular complexity index is 982. The minimum absolute atomic E-state index is 0. The Morgan fingerprint density at radius 3 is 2.28 bits per heavy atom. The molecule has 1 aromatic carbocycles. The number of nitrogens with two attached hydrogens (primary N) is 1. The smallest absolute Gasteiger partial charge is 0.410 e. The van der Waals surface area contributed by atoms with Gasteiger partial charge in [-0.05, 0) is 31.5 Å². The van der Waals surface area contributed by atoms with Gasteiger partial charge in [0.2, 0.25) is 6.29 Å². The molecule has 1 heterocycles. The zero-order valence-electron chi connectivity index (χ0n) is 20.6. The highest BCUT2D eigenvalue weighted by molar-refractivity contribution is 8.93. The predicted octanol–water partition coefficient (Wildman–Crippen LogP) is 1.94. The van der Waals surface area contributed by atoms with Crippen molar-refractivity contribution in [2.45, 2.75) is 71.9 Å². The average Bonchev–Trinajstić information content (AvgIpc) is 2.73. The van der Waals surface area contributed by atoms with Gasteiger partial charge in [-0.1, -0.05) is 19.9 Å². The van der Waals surface area contributed by atoms with Crippen LogP contribution in [0.1, 0.15) is 46.6 Å². The molecule has 0 saturated heterocycles. The molecule has 12 nitrogen and oxygen atoms in total. The number of hydrogen-bond acceptors (Lipinski definition) is 11. The molecule has 13 heteroatoms. The number of halogens is 1. The summed E-state index contributed by atoms with van der Waals surface area (Å²) >= 11 is 0. The first-order valence-electron chi connectivity index (χ1n) is 11.0. The van der Waals surface area contributed by atoms with E-state index in [0.717, 1.165) is 0 Å². The molecule has 3 N–H and O–H groups in total. The largest absolute Gasteiger partial charge is 0.461 e. The van der Waals surface area contributed by atoms with E-state index in [2.05, 4.69) is 5.32 Å². The quantitative estimate of drug-likeness (QED) is 0.264. The van der Waals surface area contributed by atoms with Crippen LogP contribution in [0.4, 0.5) is 4.79 Å². The Morgan fingerprint density at radius 1 is 1.00 bits per heavy atom. The van der Waals surface area contributed by atoms with Crippen molar-refractivity contribution in [3.63, 3.8) is 0 Å². The van der Waals surface area contributed by atoms with Gasteiger partial charge in [-0.15, -0.1) is 17.0 Å². The summed E-state index contributed by atoms with van der Waals surface area (Å²) in [6, 6.07) is 1.91. The Balaban J connectivity index is 0.00000648. The molecule has 2 rings (SSSR count). The molecule has 0 spiro atoms. The first-order chi connectivity index (χ1) is 16.3. The van der Waals surface area contributed by atoms with Crippen LogP contribution in [0.5, 0.6) is 11.5 Å². The summed E-state index contributed by atoms with van der Waals surface area (Å²) in [4.78, 5) is 60.6. The van der Waals surface area contributed by atoms with E-state index < -0.39 is 60.4 Å². The zero-order valence-corrected chi connectivity index (χ0v) is 22.3. The molecule has 0 radical (unpaired) electrons. The minimum Gasteiger partial charge on any atom is -0.461 e. The second-order valence-electron chi connectivity index (χ2n) is 8.44. The number of amides is 1. The second kappa shape index (κ2) is 13.8. The summed E-state index contributed by atoms with van der Waals surface area (Å²) in [6.45, 7) is 7.89. The number of nitrogens with one attached hydrogen (secondary N) is 1. The molecule has 1 aliphatic heterocycles. The molecule has 0 aromatic heterocycles. The lowest BCUT2D eigenvalue weighted by Gasteiger charge is -2.22. The van der Waals surface area contributed by atoms with Gasteiger partial charge in [0.15, 0.2) is 11.5 Å². The van der Waals surface area contributed by atoms with E-state index in [1.54, 1.807) is 27.7 Å². The van der Waals surface area contributed by atoms with Gasteiger partial charge in [-0.25, -0.2) is 14.4 Å². The van der Waals surface area contributed by atoms with Crippen LogP contribution >= 0.6 is 17.0 Å². The number of carbonyl (C=O) groups is 5. The highest BCUT2D eigenvalue weighted by Crippen LogP contribution is 2.31. The summed E-state index contributed by atoms with van der Waals surface area (Å²) in [5.41, 5.74) is 6.05. The van der Waals surface area contributed by atoms with Gasteiger partial charge in [0.1, 0.15) is 12.1 Å². The molecule has 3 atom stereocenters. The second-order valence-corrected chi connectivity index (χ2v) is 8.44. The van der Waals surface area contributed by atoms with E-state index in [9.17, 15) is 24.0 Å². The predicted molar refractivity (Wildman–Crippen MR) is 129 cm³/mol. The number of alkyl carbamates (subject to hydrolysis) is 1. The van der Waals surface area contributed by atoms with Gasteiger partial charge < -0.3 is 34.7 Å². The number of hydrogen-bond donors (Lipinski definition) is 2. The molecule has 0 fully saturated rings. The number of ether oxygens (including phenoxy) is 5. The van der Waals surface area contributed by atoms with Gasteiger partial charge in [0, 0.05) is 13.3 Å². The van der Waals surface area contributed by atoms with Crippen molar-refractivity contribution in [1.29, 1.82) is 0 Å². The Hall–Kier alpha value is -3.19. The van der Waals surface area contributed by atoms with Crippen LogP contribution < -0.4 is 20.5 Å². The van der Waals surface area contributed by atoms with Crippen LogP contribution in [0.2, 0.25) is 0 Å². The normalized spacial score (nSPS) is 16.7. The molecule has 200 valence electrons. The molecular weight excluding hydrogens is 544 g/mol. The minimum atomic E-state index is -1.20. The maximum Gasteiger partial charge on any atom is 0.410 e. The molecule has 1 aliphatic rings. The van der Waals surface area contributed by atoms with E-state index in [-0.39, 0.29) is 41.3 Å². The lowest BCUT2D eigenvalue weighted by molar-refractivity contribution is -0.169. The lowest BCUT2D eigenvalue weighted by atomic mass is 10.0. The number of rotatable bonds is 8. The Labute approximate surface area is 218 Å². The van der Waals surface area contributed by atoms with Crippen molar-refractivity contribution in [3.8, 4) is 11.5 Å². The third kappa shape index (κ3) is 9.46. The molecule has 36 heavy (non-hydrogen) atoms. The van der Waals surface area contributed by atoms with Crippen molar-refractivity contribution in [2.75, 3.05) is 0 Å². The highest BCUT2D eigenvalue weighted by Gasteiger charge is 2.29. The first-order valence-corrected chi connectivity index (χ1v) is 11.0. The molecule has 3 unspecified atom stereocenters. The lowest BCUT2D eigenvalue weighted by Crippen LogP contribution is -2.45. The third-order valence-electron chi connectivity index (χ3n) is 4.53. The van der Waals surface area contributed by atoms with Crippen LogP contribution in [-0.2, 0) is 39.8 Å². The fourth-order valence-electron chi connectivity index (χ4n) is 2.85. The standard InChI is InChI=1S/C23H30N2O10.BrH/c1-11(2)20(27)32-13(5)33-23(30)25-16(22(29)31-12(3)4)8-14-6-7-17-18(9-14)35-21(28)15(24)10-19(26)34-17;/h6-7,9,11-13,15-16H,8,10,24H2,1-5H3,(H,25,30);1H. The summed E-state index contributed by atoms with van der Waals surface area (Å²) in [5, 5.41) is 2.39. The van der Waals surface area contributed by atoms with Gasteiger partial charge in [-0.2, -0.15) is 0 Å². The number of fused-ring (bicyclic) bond motifs is 1. The van der Waals surface area contributed by atoms with Crippen molar-refractivity contribution in [2.24, 2.45) is 11.7 Å². The van der Waals surface area contributed by atoms with Crippen LogP contribution in [0.15, 0.2) is 18.2 Å². The Morgan fingerprint density at radius 2 is 1.67 bits per heavy atom. The van der Waals surface area contributed by atoms with Crippen LogP contribution in [-0.4, -0.2) is 54.4 Å². The molecule has 0 saturated carbocycles. The van der Waals surface area contributed by atoms with E-state index in [1.807, 2.05) is 0 Å². The summed E-state index contributed by atoms with van der Waals surface area (Å²) < 4.78 is 25.6. The number of benzene rings is 1. The Kier molecular flexibility index (Phi) is 11.8. The van der Waals surface area contributed by atoms with Crippen LogP contribution in [0.25, 0.3) is 0 Å². The number of esters is 4. The highest BCUT2D eigenvalue weighted by atomic mass is 79.9. The van der Waals surface area contributed by atoms with Gasteiger partial charge >= 0.3 is 30.0 Å². The van der Waals surface area contributed by atoms with Gasteiger partial charge in [0.05, 0.1) is 18.4 Å². The topological polar surface area (TPSA) is 170 Å². The van der Waals surface area contributed by atoms with E-state index >= 15 is 0 Å². The molecule has 0 bridgehead atoms. The third-order valence-corrected chi connectivity index (χ3v) is 4.53. The van der Waals surface area contributed by atoms with Crippen molar-refractivity contribution < 1.29 is 47.7 Å². The maximum absolute atomic E-state index is 12.6. The zero-order chi connectivity index (χ0) is 26.3.